The molecule has 2 aromatic carbocycles. The van der Waals surface area contributed by atoms with Gasteiger partial charge in [-0.05, 0) is 49.2 Å². The van der Waals surface area contributed by atoms with Gasteiger partial charge in [-0.1, -0.05) is 12.1 Å². The van der Waals surface area contributed by atoms with E-state index < -0.39 is 0 Å². The van der Waals surface area contributed by atoms with Crippen molar-refractivity contribution < 1.29 is 0 Å². The molecule has 2 aromatic rings. The van der Waals surface area contributed by atoms with Crippen molar-refractivity contribution in [1.29, 1.82) is 5.26 Å². The van der Waals surface area contributed by atoms with Crippen LogP contribution in [-0.2, 0) is 0 Å². The molecule has 0 aromatic heterocycles. The monoisotopic (exact) mass is 237 g/mol. The molecule has 18 heavy (non-hydrogen) atoms. The SMILES string of the molecule is Cc1cc(N)c(Nc2ccccc2C#N)cc1C. The lowest BCUT2D eigenvalue weighted by molar-refractivity contribution is 1.34. The molecule has 3 N–H and O–H groups in total. The Kier molecular flexibility index (Phi) is 3.20. The lowest BCUT2D eigenvalue weighted by Crippen LogP contribution is -1.99. The molecule has 3 nitrogen and oxygen atoms in total. The highest BCUT2D eigenvalue weighted by Gasteiger charge is 2.05. The molecular weight excluding hydrogens is 222 g/mol. The maximum absolute atomic E-state index is 9.04. The molecule has 0 radical (unpaired) electrons. The number of benzene rings is 2. The highest BCUT2D eigenvalue weighted by Crippen LogP contribution is 2.27. The van der Waals surface area contributed by atoms with E-state index in [4.69, 9.17) is 11.0 Å². The Morgan fingerprint density at radius 1 is 1.06 bits per heavy atom. The molecule has 90 valence electrons. The van der Waals surface area contributed by atoms with Gasteiger partial charge in [0.05, 0.1) is 22.6 Å². The highest BCUT2D eigenvalue weighted by atomic mass is 14.9. The van der Waals surface area contributed by atoms with Gasteiger partial charge in [0, 0.05) is 0 Å². The van der Waals surface area contributed by atoms with Crippen LogP contribution >= 0.6 is 0 Å². The maximum atomic E-state index is 9.04. The van der Waals surface area contributed by atoms with E-state index in [0.717, 1.165) is 16.9 Å². The minimum Gasteiger partial charge on any atom is -0.397 e. The highest BCUT2D eigenvalue weighted by molar-refractivity contribution is 5.76. The van der Waals surface area contributed by atoms with E-state index >= 15 is 0 Å². The number of para-hydroxylation sites is 1. The maximum Gasteiger partial charge on any atom is 0.101 e. The minimum absolute atomic E-state index is 0.607. The van der Waals surface area contributed by atoms with E-state index in [1.54, 1.807) is 6.07 Å². The third kappa shape index (κ3) is 2.28. The van der Waals surface area contributed by atoms with Crippen molar-refractivity contribution >= 4 is 17.1 Å². The van der Waals surface area contributed by atoms with E-state index in [0.29, 0.717) is 11.3 Å². The number of nitrogens with two attached hydrogens (primary N) is 1. The van der Waals surface area contributed by atoms with E-state index in [9.17, 15) is 0 Å². The lowest BCUT2D eigenvalue weighted by atomic mass is 10.1. The molecule has 0 atom stereocenters. The Bertz CT molecular complexity index is 624. The van der Waals surface area contributed by atoms with E-state index in [2.05, 4.69) is 11.4 Å². The fourth-order valence-electron chi connectivity index (χ4n) is 1.78. The van der Waals surface area contributed by atoms with E-state index in [1.165, 1.54) is 5.56 Å². The molecule has 3 heteroatoms. The van der Waals surface area contributed by atoms with Gasteiger partial charge >= 0.3 is 0 Å². The quantitative estimate of drug-likeness (QED) is 0.786. The molecule has 2 rings (SSSR count). The average molecular weight is 237 g/mol. The Morgan fingerprint density at radius 3 is 2.44 bits per heavy atom. The van der Waals surface area contributed by atoms with Crippen molar-refractivity contribution in [2.45, 2.75) is 13.8 Å². The molecule has 0 unspecified atom stereocenters. The van der Waals surface area contributed by atoms with Crippen LogP contribution in [0.15, 0.2) is 36.4 Å². The Morgan fingerprint density at radius 2 is 1.72 bits per heavy atom. The Labute approximate surface area is 107 Å². The van der Waals surface area contributed by atoms with Crippen LogP contribution in [0.5, 0.6) is 0 Å². The number of hydrogen-bond acceptors (Lipinski definition) is 3. The number of nitrogens with zero attached hydrogens (tertiary/aromatic N) is 1. The zero-order valence-corrected chi connectivity index (χ0v) is 10.5. The summed E-state index contributed by atoms with van der Waals surface area (Å²) >= 11 is 0. The topological polar surface area (TPSA) is 61.8 Å². The summed E-state index contributed by atoms with van der Waals surface area (Å²) in [5, 5.41) is 12.3. The van der Waals surface area contributed by atoms with Gasteiger partial charge in [-0.3, -0.25) is 0 Å². The largest absolute Gasteiger partial charge is 0.397 e. The standard InChI is InChI=1S/C15H15N3/c1-10-7-13(17)15(8-11(10)2)18-14-6-4-3-5-12(14)9-16/h3-8,18H,17H2,1-2H3. The average Bonchev–Trinajstić information content (AvgIpc) is 2.36. The molecule has 0 spiro atoms. The van der Waals surface area contributed by atoms with Crippen molar-refractivity contribution in [3.8, 4) is 6.07 Å². The lowest BCUT2D eigenvalue weighted by Gasteiger charge is -2.13. The summed E-state index contributed by atoms with van der Waals surface area (Å²) in [6, 6.07) is 13.5. The van der Waals surface area contributed by atoms with Gasteiger partial charge in [0.25, 0.3) is 0 Å². The van der Waals surface area contributed by atoms with E-state index in [-0.39, 0.29) is 0 Å². The predicted molar refractivity (Wildman–Crippen MR) is 74.8 cm³/mol. The summed E-state index contributed by atoms with van der Waals surface area (Å²) in [4.78, 5) is 0. The first-order valence-electron chi connectivity index (χ1n) is 5.74. The molecule has 0 saturated carbocycles. The summed E-state index contributed by atoms with van der Waals surface area (Å²) < 4.78 is 0. The number of aryl methyl sites for hydroxylation is 2. The molecule has 0 aliphatic heterocycles. The van der Waals surface area contributed by atoms with Crippen LogP contribution in [0.2, 0.25) is 0 Å². The Balaban J connectivity index is 2.41. The first kappa shape index (κ1) is 12.0. The van der Waals surface area contributed by atoms with Gasteiger partial charge in [-0.15, -0.1) is 0 Å². The van der Waals surface area contributed by atoms with Crippen molar-refractivity contribution in [3.63, 3.8) is 0 Å². The molecule has 0 fully saturated rings. The van der Waals surface area contributed by atoms with Gasteiger partial charge in [0.15, 0.2) is 0 Å². The molecule has 0 saturated heterocycles. The van der Waals surface area contributed by atoms with Crippen LogP contribution in [0.25, 0.3) is 0 Å². The van der Waals surface area contributed by atoms with E-state index in [1.807, 2.05) is 44.2 Å². The number of rotatable bonds is 2. The molecule has 0 amide bonds. The van der Waals surface area contributed by atoms with Crippen molar-refractivity contribution in [2.75, 3.05) is 11.1 Å². The second-order valence-electron chi connectivity index (χ2n) is 4.31. The fraction of sp³-hybridized carbons (Fsp3) is 0.133. The van der Waals surface area contributed by atoms with Crippen molar-refractivity contribution in [1.82, 2.24) is 0 Å². The van der Waals surface area contributed by atoms with Gasteiger partial charge in [-0.25, -0.2) is 0 Å². The number of anilines is 3. The van der Waals surface area contributed by atoms with Crippen molar-refractivity contribution in [3.05, 3.63) is 53.1 Å². The molecular formula is C15H15N3. The molecule has 0 aliphatic carbocycles. The van der Waals surface area contributed by atoms with Gasteiger partial charge in [0.2, 0.25) is 0 Å². The summed E-state index contributed by atoms with van der Waals surface area (Å²) in [6.07, 6.45) is 0. The van der Waals surface area contributed by atoms with Crippen LogP contribution in [-0.4, -0.2) is 0 Å². The third-order valence-electron chi connectivity index (χ3n) is 2.98. The van der Waals surface area contributed by atoms with Crippen LogP contribution in [0.4, 0.5) is 17.1 Å². The number of nitrogens with one attached hydrogen (secondary N) is 1. The van der Waals surface area contributed by atoms with Gasteiger partial charge in [-0.2, -0.15) is 5.26 Å². The molecule has 0 heterocycles. The summed E-state index contributed by atoms with van der Waals surface area (Å²) in [5.41, 5.74) is 11.2. The molecule has 0 bridgehead atoms. The van der Waals surface area contributed by atoms with Crippen LogP contribution in [0.3, 0.4) is 0 Å². The predicted octanol–water partition coefficient (Wildman–Crippen LogP) is 3.50. The zero-order valence-electron chi connectivity index (χ0n) is 10.5. The normalized spacial score (nSPS) is 9.83. The first-order chi connectivity index (χ1) is 8.61. The third-order valence-corrected chi connectivity index (χ3v) is 2.98. The van der Waals surface area contributed by atoms with Gasteiger partial charge in [0.1, 0.15) is 6.07 Å². The first-order valence-corrected chi connectivity index (χ1v) is 5.74. The van der Waals surface area contributed by atoms with Gasteiger partial charge < -0.3 is 11.1 Å². The smallest absolute Gasteiger partial charge is 0.101 e. The summed E-state index contributed by atoms with van der Waals surface area (Å²) in [6.45, 7) is 4.06. The number of nitriles is 1. The second-order valence-corrected chi connectivity index (χ2v) is 4.31. The summed E-state index contributed by atoms with van der Waals surface area (Å²) in [5.74, 6) is 0. The fourth-order valence-corrected chi connectivity index (χ4v) is 1.78. The zero-order chi connectivity index (χ0) is 13.1. The van der Waals surface area contributed by atoms with Crippen LogP contribution < -0.4 is 11.1 Å². The number of nitrogen functional groups attached to an aromatic ring is 1. The summed E-state index contributed by atoms with van der Waals surface area (Å²) in [7, 11) is 0. The van der Waals surface area contributed by atoms with Crippen molar-refractivity contribution in [2.24, 2.45) is 0 Å². The van der Waals surface area contributed by atoms with Crippen LogP contribution in [0.1, 0.15) is 16.7 Å². The van der Waals surface area contributed by atoms with Crippen LogP contribution in [0, 0.1) is 25.2 Å². The minimum atomic E-state index is 0.607. The second kappa shape index (κ2) is 4.80. The molecule has 0 aliphatic rings. The number of hydrogen-bond donors (Lipinski definition) is 2. The Hall–Kier alpha value is -2.47.